The van der Waals surface area contributed by atoms with Gasteiger partial charge in [0.2, 0.25) is 5.88 Å². The molecule has 0 atom stereocenters. The van der Waals surface area contributed by atoms with E-state index >= 15 is 0 Å². The number of halogens is 3. The summed E-state index contributed by atoms with van der Waals surface area (Å²) in [5.41, 5.74) is 1.31. The van der Waals surface area contributed by atoms with Gasteiger partial charge in [0, 0.05) is 36.1 Å². The molecule has 0 saturated heterocycles. The molecule has 3 heterocycles. The average molecular weight is 440 g/mol. The number of carbonyl (C=O) groups is 1. The van der Waals surface area contributed by atoms with Crippen LogP contribution in [-0.2, 0) is 21.1 Å². The van der Waals surface area contributed by atoms with E-state index in [0.717, 1.165) is 24.2 Å². The predicted molar refractivity (Wildman–Crippen MR) is 99.2 cm³/mol. The highest BCUT2D eigenvalue weighted by molar-refractivity contribution is 7.90. The maximum Gasteiger partial charge on any atom is 0.491 e. The summed E-state index contributed by atoms with van der Waals surface area (Å²) in [5, 5.41) is 0. The number of aromatic nitrogens is 4. The lowest BCUT2D eigenvalue weighted by Gasteiger charge is -2.12. The molecule has 0 spiro atoms. The molecule has 0 aliphatic rings. The first-order valence-electron chi connectivity index (χ1n) is 8.49. The number of imidazole rings is 1. The normalized spacial score (nSPS) is 12.0. The van der Waals surface area contributed by atoms with Crippen molar-refractivity contribution < 1.29 is 31.1 Å². The maximum atomic E-state index is 12.6. The van der Waals surface area contributed by atoms with E-state index in [9.17, 15) is 26.4 Å². The molecule has 8 nitrogen and oxygen atoms in total. The van der Waals surface area contributed by atoms with Crippen LogP contribution >= 0.6 is 0 Å². The number of nitrogens with zero attached hydrogens (tertiary/aromatic N) is 3. The number of pyridine rings is 2. The summed E-state index contributed by atoms with van der Waals surface area (Å²) in [6.45, 7) is 1.92. The Balaban J connectivity index is 2.12. The summed E-state index contributed by atoms with van der Waals surface area (Å²) in [5.74, 6) is -2.75. The number of rotatable bonds is 5. The lowest BCUT2D eigenvalue weighted by atomic mass is 10.1. The van der Waals surface area contributed by atoms with Crippen molar-refractivity contribution in [2.24, 2.45) is 0 Å². The molecular weight excluding hydrogens is 425 g/mol. The van der Waals surface area contributed by atoms with E-state index in [1.807, 2.05) is 6.92 Å². The van der Waals surface area contributed by atoms with Gasteiger partial charge in [-0.05, 0) is 30.2 Å². The fraction of sp³-hybridized carbons (Fsp3) is 0.222. The zero-order valence-electron chi connectivity index (χ0n) is 15.7. The maximum absolute atomic E-state index is 12.6. The van der Waals surface area contributed by atoms with Crippen LogP contribution in [0.25, 0.3) is 22.6 Å². The number of alkyl halides is 3. The Morgan fingerprint density at radius 3 is 2.50 bits per heavy atom. The van der Waals surface area contributed by atoms with Gasteiger partial charge in [-0.3, -0.25) is 4.98 Å². The minimum absolute atomic E-state index is 0.124. The molecule has 3 aromatic rings. The molecule has 30 heavy (non-hydrogen) atoms. The Bertz CT molecular complexity index is 1210. The third kappa shape index (κ3) is 4.64. The molecule has 0 bridgehead atoms. The minimum atomic E-state index is -5.25. The van der Waals surface area contributed by atoms with E-state index in [1.54, 1.807) is 6.20 Å². The summed E-state index contributed by atoms with van der Waals surface area (Å²) in [6.07, 6.45) is 0.169. The van der Waals surface area contributed by atoms with Crippen molar-refractivity contribution in [2.45, 2.75) is 24.4 Å². The van der Waals surface area contributed by atoms with Crippen LogP contribution in [0.5, 0.6) is 5.88 Å². The number of H-pyrrole nitrogens is 1. The Labute approximate surface area is 169 Å². The largest absolute Gasteiger partial charge is 0.491 e. The van der Waals surface area contributed by atoms with Crippen LogP contribution in [0.15, 0.2) is 41.7 Å². The lowest BCUT2D eigenvalue weighted by Crippen LogP contribution is -2.28. The van der Waals surface area contributed by atoms with Crippen LogP contribution in [0.2, 0.25) is 0 Å². The number of ether oxygens (including phenoxy) is 1. The SMILES string of the molecule is CCc1cnc(-c2cc(-c3cc(S(C)(=O)=O)cnc3OC(=O)C(F)(F)F)ccn2)[nH]1. The number of nitrogens with one attached hydrogen (secondary N) is 1. The summed E-state index contributed by atoms with van der Waals surface area (Å²) >= 11 is 0. The summed E-state index contributed by atoms with van der Waals surface area (Å²) in [7, 11) is -3.73. The van der Waals surface area contributed by atoms with E-state index in [4.69, 9.17) is 0 Å². The van der Waals surface area contributed by atoms with Crippen molar-refractivity contribution in [3.05, 3.63) is 42.5 Å². The Hall–Kier alpha value is -3.28. The third-order valence-corrected chi connectivity index (χ3v) is 5.08. The molecule has 0 fully saturated rings. The second kappa shape index (κ2) is 7.86. The van der Waals surface area contributed by atoms with Gasteiger partial charge in [0.1, 0.15) is 5.69 Å². The molecule has 0 aromatic carbocycles. The topological polar surface area (TPSA) is 115 Å². The second-order valence-corrected chi connectivity index (χ2v) is 8.24. The average Bonchev–Trinajstić information content (AvgIpc) is 3.16. The fourth-order valence-corrected chi connectivity index (χ4v) is 3.04. The lowest BCUT2D eigenvalue weighted by molar-refractivity contribution is -0.189. The molecule has 0 aliphatic heterocycles. The van der Waals surface area contributed by atoms with Crippen LogP contribution in [0.3, 0.4) is 0 Å². The standard InChI is InChI=1S/C18H15F3N4O4S/c1-3-11-8-23-15(25-11)14-6-10(4-5-22-14)13-7-12(30(2,27)28)9-24-16(13)29-17(26)18(19,20)21/h4-9H,3H2,1-2H3,(H,23,25). The van der Waals surface area contributed by atoms with Crippen molar-refractivity contribution in [1.29, 1.82) is 0 Å². The number of hydrogen-bond acceptors (Lipinski definition) is 7. The summed E-state index contributed by atoms with van der Waals surface area (Å²) in [6, 6.07) is 3.97. The van der Waals surface area contributed by atoms with Crippen molar-refractivity contribution in [3.63, 3.8) is 0 Å². The Morgan fingerprint density at radius 1 is 1.17 bits per heavy atom. The van der Waals surface area contributed by atoms with Gasteiger partial charge in [-0.2, -0.15) is 13.2 Å². The summed E-state index contributed by atoms with van der Waals surface area (Å²) < 4.78 is 66.1. The zero-order chi connectivity index (χ0) is 22.1. The molecule has 158 valence electrons. The number of hydrogen-bond donors (Lipinski definition) is 1. The van der Waals surface area contributed by atoms with Crippen LogP contribution in [0.1, 0.15) is 12.6 Å². The number of carbonyl (C=O) groups excluding carboxylic acids is 1. The highest BCUT2D eigenvalue weighted by Crippen LogP contribution is 2.33. The Morgan fingerprint density at radius 2 is 1.90 bits per heavy atom. The van der Waals surface area contributed by atoms with E-state index in [-0.39, 0.29) is 16.0 Å². The van der Waals surface area contributed by atoms with Gasteiger partial charge in [-0.25, -0.2) is 23.2 Å². The number of aromatic amines is 1. The highest BCUT2D eigenvalue weighted by Gasteiger charge is 2.42. The molecule has 0 aliphatic carbocycles. The van der Waals surface area contributed by atoms with Gasteiger partial charge in [0.25, 0.3) is 0 Å². The van der Waals surface area contributed by atoms with Crippen LogP contribution in [-0.4, -0.2) is 46.8 Å². The smallest absolute Gasteiger partial charge is 0.400 e. The first-order valence-corrected chi connectivity index (χ1v) is 10.4. The van der Waals surface area contributed by atoms with E-state index in [1.165, 1.54) is 18.3 Å². The van der Waals surface area contributed by atoms with E-state index < -0.39 is 27.9 Å². The highest BCUT2D eigenvalue weighted by atomic mass is 32.2. The van der Waals surface area contributed by atoms with Gasteiger partial charge in [-0.15, -0.1) is 0 Å². The number of sulfone groups is 1. The van der Waals surface area contributed by atoms with E-state index in [2.05, 4.69) is 24.7 Å². The van der Waals surface area contributed by atoms with Crippen LogP contribution < -0.4 is 4.74 Å². The number of aryl methyl sites for hydroxylation is 1. The Kier molecular flexibility index (Phi) is 5.61. The van der Waals surface area contributed by atoms with Gasteiger partial charge < -0.3 is 9.72 Å². The van der Waals surface area contributed by atoms with Crippen LogP contribution in [0.4, 0.5) is 13.2 Å². The molecule has 0 radical (unpaired) electrons. The summed E-state index contributed by atoms with van der Waals surface area (Å²) in [4.78, 5) is 26.1. The molecule has 0 saturated carbocycles. The predicted octanol–water partition coefficient (Wildman–Crippen LogP) is 2.97. The second-order valence-electron chi connectivity index (χ2n) is 6.22. The zero-order valence-corrected chi connectivity index (χ0v) is 16.5. The van der Waals surface area contributed by atoms with Crippen molar-refractivity contribution >= 4 is 15.8 Å². The first-order chi connectivity index (χ1) is 14.0. The van der Waals surface area contributed by atoms with Crippen LogP contribution in [0, 0.1) is 0 Å². The minimum Gasteiger partial charge on any atom is -0.400 e. The molecule has 12 heteroatoms. The van der Waals surface area contributed by atoms with Crippen molar-refractivity contribution in [3.8, 4) is 28.5 Å². The van der Waals surface area contributed by atoms with Gasteiger partial charge in [-0.1, -0.05) is 6.92 Å². The molecule has 3 rings (SSSR count). The number of esters is 1. The van der Waals surface area contributed by atoms with Crippen molar-refractivity contribution in [1.82, 2.24) is 19.9 Å². The third-order valence-electron chi connectivity index (χ3n) is 4.00. The quantitative estimate of drug-likeness (QED) is 0.607. The van der Waals surface area contributed by atoms with Gasteiger partial charge in [0.15, 0.2) is 15.7 Å². The van der Waals surface area contributed by atoms with Gasteiger partial charge in [0.05, 0.1) is 4.90 Å². The molecular formula is C18H15F3N4O4S. The molecule has 0 unspecified atom stereocenters. The van der Waals surface area contributed by atoms with Crippen molar-refractivity contribution in [2.75, 3.05) is 6.26 Å². The first kappa shape index (κ1) is 21.4. The molecule has 0 amide bonds. The molecule has 3 aromatic heterocycles. The van der Waals surface area contributed by atoms with E-state index in [0.29, 0.717) is 17.9 Å². The molecule has 1 N–H and O–H groups in total. The monoisotopic (exact) mass is 440 g/mol. The van der Waals surface area contributed by atoms with Gasteiger partial charge >= 0.3 is 12.1 Å². The fourth-order valence-electron chi connectivity index (χ4n) is 2.47.